The summed E-state index contributed by atoms with van der Waals surface area (Å²) in [6.07, 6.45) is 1.03. The van der Waals surface area contributed by atoms with Crippen LogP contribution < -0.4 is 4.90 Å². The fourth-order valence-corrected chi connectivity index (χ4v) is 2.16. The molecule has 1 radical (unpaired) electrons. The highest BCUT2D eigenvalue weighted by atomic mass is 19.1. The number of hydrogen-bond donors (Lipinski definition) is 0. The van der Waals surface area contributed by atoms with E-state index in [9.17, 15) is 4.39 Å². The number of anilines is 2. The summed E-state index contributed by atoms with van der Waals surface area (Å²) >= 11 is 0. The first-order chi connectivity index (χ1) is 7.84. The monoisotopic (exact) mass is 212 g/mol. The van der Waals surface area contributed by atoms with E-state index in [4.69, 9.17) is 0 Å². The molecule has 0 amide bonds. The lowest BCUT2D eigenvalue weighted by atomic mass is 10.2. The van der Waals surface area contributed by atoms with Crippen molar-refractivity contribution in [3.63, 3.8) is 0 Å². The smallest absolute Gasteiger partial charge is 0.123 e. The lowest BCUT2D eigenvalue weighted by Gasteiger charge is -2.19. The van der Waals surface area contributed by atoms with Crippen LogP contribution in [0.4, 0.5) is 15.8 Å². The SMILES string of the molecule is Fc1ccc(N2CCc3c[c]ccc32)cc1. The van der Waals surface area contributed by atoms with Crippen LogP contribution in [0.2, 0.25) is 0 Å². The van der Waals surface area contributed by atoms with E-state index in [0.717, 1.165) is 18.7 Å². The van der Waals surface area contributed by atoms with Gasteiger partial charge in [-0.2, -0.15) is 0 Å². The standard InChI is InChI=1S/C14H11FN/c15-12-5-7-13(8-6-12)16-10-9-11-3-1-2-4-14(11)16/h2-8H,9-10H2. The Labute approximate surface area is 94.1 Å². The van der Waals surface area contributed by atoms with Crippen molar-refractivity contribution in [2.24, 2.45) is 0 Å². The van der Waals surface area contributed by atoms with Gasteiger partial charge < -0.3 is 4.90 Å². The maximum absolute atomic E-state index is 12.8. The zero-order valence-electron chi connectivity index (χ0n) is 8.78. The van der Waals surface area contributed by atoms with Crippen LogP contribution >= 0.6 is 0 Å². The van der Waals surface area contributed by atoms with Gasteiger partial charge in [-0.25, -0.2) is 4.39 Å². The van der Waals surface area contributed by atoms with Crippen LogP contribution in [0.1, 0.15) is 5.56 Å². The predicted molar refractivity (Wildman–Crippen MR) is 62.4 cm³/mol. The maximum Gasteiger partial charge on any atom is 0.123 e. The van der Waals surface area contributed by atoms with Crippen molar-refractivity contribution >= 4 is 11.4 Å². The molecule has 0 N–H and O–H groups in total. The van der Waals surface area contributed by atoms with Gasteiger partial charge in [0.2, 0.25) is 0 Å². The van der Waals surface area contributed by atoms with Crippen molar-refractivity contribution in [1.29, 1.82) is 0 Å². The fourth-order valence-electron chi connectivity index (χ4n) is 2.16. The second-order valence-electron chi connectivity index (χ2n) is 3.93. The summed E-state index contributed by atoms with van der Waals surface area (Å²) in [6.45, 7) is 0.957. The molecule has 0 aromatic heterocycles. The highest BCUT2D eigenvalue weighted by Gasteiger charge is 2.19. The third kappa shape index (κ3) is 1.47. The molecule has 1 heterocycles. The molecule has 0 saturated heterocycles. The van der Waals surface area contributed by atoms with E-state index in [1.54, 1.807) is 0 Å². The van der Waals surface area contributed by atoms with Crippen LogP contribution in [0.25, 0.3) is 0 Å². The summed E-state index contributed by atoms with van der Waals surface area (Å²) in [7, 11) is 0. The lowest BCUT2D eigenvalue weighted by Crippen LogP contribution is -2.12. The van der Waals surface area contributed by atoms with Gasteiger partial charge in [-0.15, -0.1) is 0 Å². The van der Waals surface area contributed by atoms with E-state index in [-0.39, 0.29) is 5.82 Å². The third-order valence-electron chi connectivity index (χ3n) is 2.96. The Bertz CT molecular complexity index is 504. The highest BCUT2D eigenvalue weighted by Crippen LogP contribution is 2.33. The molecule has 0 spiro atoms. The molecule has 79 valence electrons. The molecule has 2 aromatic rings. The Morgan fingerprint density at radius 2 is 1.94 bits per heavy atom. The Kier molecular flexibility index (Phi) is 2.13. The van der Waals surface area contributed by atoms with Crippen LogP contribution in [0.15, 0.2) is 42.5 Å². The van der Waals surface area contributed by atoms with Crippen LogP contribution in [-0.2, 0) is 6.42 Å². The molecule has 0 bridgehead atoms. The van der Waals surface area contributed by atoms with Crippen LogP contribution in [0.3, 0.4) is 0 Å². The van der Waals surface area contributed by atoms with Crippen molar-refractivity contribution in [1.82, 2.24) is 0 Å². The Morgan fingerprint density at radius 1 is 1.12 bits per heavy atom. The molecule has 0 unspecified atom stereocenters. The van der Waals surface area contributed by atoms with Crippen LogP contribution in [0, 0.1) is 11.9 Å². The van der Waals surface area contributed by atoms with Gasteiger partial charge in [0, 0.05) is 17.9 Å². The molecule has 0 fully saturated rings. The average molecular weight is 212 g/mol. The van der Waals surface area contributed by atoms with Gasteiger partial charge in [-0.3, -0.25) is 0 Å². The summed E-state index contributed by atoms with van der Waals surface area (Å²) < 4.78 is 12.8. The average Bonchev–Trinajstić information content (AvgIpc) is 2.74. The largest absolute Gasteiger partial charge is 0.341 e. The Morgan fingerprint density at radius 3 is 2.75 bits per heavy atom. The topological polar surface area (TPSA) is 3.24 Å². The van der Waals surface area contributed by atoms with Gasteiger partial charge in [0.25, 0.3) is 0 Å². The van der Waals surface area contributed by atoms with Gasteiger partial charge in [-0.05, 0) is 54.4 Å². The van der Waals surface area contributed by atoms with Gasteiger partial charge in [0.05, 0.1) is 0 Å². The zero-order valence-corrected chi connectivity index (χ0v) is 8.78. The summed E-state index contributed by atoms with van der Waals surface area (Å²) in [4.78, 5) is 2.21. The first-order valence-corrected chi connectivity index (χ1v) is 5.37. The highest BCUT2D eigenvalue weighted by molar-refractivity contribution is 5.69. The van der Waals surface area contributed by atoms with Crippen LogP contribution in [0.5, 0.6) is 0 Å². The number of benzene rings is 2. The Balaban J connectivity index is 2.01. The van der Waals surface area contributed by atoms with Crippen molar-refractivity contribution in [3.05, 3.63) is 59.9 Å². The van der Waals surface area contributed by atoms with Gasteiger partial charge in [0.1, 0.15) is 5.82 Å². The molecular weight excluding hydrogens is 201 g/mol. The van der Waals surface area contributed by atoms with Crippen molar-refractivity contribution in [2.75, 3.05) is 11.4 Å². The maximum atomic E-state index is 12.8. The normalized spacial score (nSPS) is 13.9. The molecular formula is C14H11FN. The minimum atomic E-state index is -0.190. The first kappa shape index (κ1) is 9.40. The second-order valence-corrected chi connectivity index (χ2v) is 3.93. The van der Waals surface area contributed by atoms with Gasteiger partial charge in [0.15, 0.2) is 0 Å². The molecule has 1 nitrogen and oxygen atoms in total. The number of hydrogen-bond acceptors (Lipinski definition) is 1. The summed E-state index contributed by atoms with van der Waals surface area (Å²) in [5.41, 5.74) is 3.57. The summed E-state index contributed by atoms with van der Waals surface area (Å²) in [6, 6.07) is 15.7. The van der Waals surface area contributed by atoms with E-state index in [2.05, 4.69) is 17.0 Å². The van der Waals surface area contributed by atoms with E-state index < -0.39 is 0 Å². The minimum Gasteiger partial charge on any atom is -0.341 e. The third-order valence-corrected chi connectivity index (χ3v) is 2.96. The molecule has 1 aliphatic rings. The number of nitrogens with zero attached hydrogens (tertiary/aromatic N) is 1. The lowest BCUT2D eigenvalue weighted by molar-refractivity contribution is 0.628. The van der Waals surface area contributed by atoms with Crippen molar-refractivity contribution in [2.45, 2.75) is 6.42 Å². The number of fused-ring (bicyclic) bond motifs is 1. The summed E-state index contributed by atoms with van der Waals surface area (Å²) in [5, 5.41) is 0. The second kappa shape index (κ2) is 3.63. The molecule has 1 aliphatic heterocycles. The number of halogens is 1. The number of rotatable bonds is 1. The minimum absolute atomic E-state index is 0.190. The molecule has 16 heavy (non-hydrogen) atoms. The quantitative estimate of drug-likeness (QED) is 0.701. The van der Waals surface area contributed by atoms with Gasteiger partial charge in [-0.1, -0.05) is 6.07 Å². The van der Waals surface area contributed by atoms with Crippen molar-refractivity contribution < 1.29 is 4.39 Å². The molecule has 2 aromatic carbocycles. The molecule has 2 heteroatoms. The fraction of sp³-hybridized carbons (Fsp3) is 0.143. The van der Waals surface area contributed by atoms with E-state index >= 15 is 0 Å². The van der Waals surface area contributed by atoms with Crippen molar-refractivity contribution in [3.8, 4) is 0 Å². The van der Waals surface area contributed by atoms with E-state index in [0.29, 0.717) is 0 Å². The molecule has 3 rings (SSSR count). The molecule has 0 aliphatic carbocycles. The first-order valence-electron chi connectivity index (χ1n) is 5.37. The van der Waals surface area contributed by atoms with E-state index in [1.807, 2.05) is 24.3 Å². The van der Waals surface area contributed by atoms with Gasteiger partial charge >= 0.3 is 0 Å². The summed E-state index contributed by atoms with van der Waals surface area (Å²) in [5.74, 6) is -0.190. The predicted octanol–water partition coefficient (Wildman–Crippen LogP) is 3.32. The Hall–Kier alpha value is -1.83. The van der Waals surface area contributed by atoms with E-state index in [1.165, 1.54) is 23.4 Å². The molecule has 0 saturated carbocycles. The zero-order chi connectivity index (χ0) is 11.0. The molecule has 0 atom stereocenters. The van der Waals surface area contributed by atoms with Crippen LogP contribution in [-0.4, -0.2) is 6.54 Å².